The third kappa shape index (κ3) is 10.3. The summed E-state index contributed by atoms with van der Waals surface area (Å²) >= 11 is 0. The number of nitrogens with zero attached hydrogens (tertiary/aromatic N) is 2. The maximum atomic E-state index is 13.2. The highest BCUT2D eigenvalue weighted by Gasteiger charge is 2.34. The van der Waals surface area contributed by atoms with Crippen molar-refractivity contribution in [2.24, 2.45) is 0 Å². The number of hydrogen-bond donors (Lipinski definition) is 5. The molecule has 1 aromatic rings. The third-order valence-electron chi connectivity index (χ3n) is 6.58. The molecule has 0 bridgehead atoms. The van der Waals surface area contributed by atoms with Crippen molar-refractivity contribution in [3.05, 3.63) is 42.0 Å². The van der Waals surface area contributed by atoms with Gasteiger partial charge < -0.3 is 36.0 Å². The van der Waals surface area contributed by atoms with E-state index in [-0.39, 0.29) is 50.4 Å². The zero-order chi connectivity index (χ0) is 32.1. The maximum absolute atomic E-state index is 13.2. The van der Waals surface area contributed by atoms with Gasteiger partial charge in [0.25, 0.3) is 11.8 Å². The Morgan fingerprint density at radius 3 is 2.23 bits per heavy atom. The van der Waals surface area contributed by atoms with E-state index in [4.69, 9.17) is 9.84 Å². The number of hydrogen-bond acceptors (Lipinski definition) is 9. The number of carboxylic acids is 1. The fourth-order valence-electron chi connectivity index (χ4n) is 4.44. The van der Waals surface area contributed by atoms with Crippen molar-refractivity contribution in [1.29, 1.82) is 0 Å². The SMILES string of the molecule is O=C(O)COCNC(=O)CN1C(=O)[C@@H](NC(=O)CNC(=O)CNC(=O)CCCCCN2C(=O)C=CC2=O)Cc2ccccc21. The van der Waals surface area contributed by atoms with Crippen LogP contribution in [0.1, 0.15) is 31.2 Å². The van der Waals surface area contributed by atoms with Crippen molar-refractivity contribution < 1.29 is 48.2 Å². The third-order valence-corrected chi connectivity index (χ3v) is 6.58. The summed E-state index contributed by atoms with van der Waals surface area (Å²) in [5.74, 6) is -4.70. The summed E-state index contributed by atoms with van der Waals surface area (Å²) in [5.41, 5.74) is 1.19. The van der Waals surface area contributed by atoms with Crippen molar-refractivity contribution in [2.75, 3.05) is 44.4 Å². The number of anilines is 1. The van der Waals surface area contributed by atoms with Crippen LogP contribution >= 0.6 is 0 Å². The Kier molecular flexibility index (Phi) is 12.5. The molecule has 2 heterocycles. The van der Waals surface area contributed by atoms with Crippen LogP contribution < -0.4 is 26.2 Å². The molecule has 0 unspecified atom stereocenters. The standard InChI is InChI=1S/C28H34N6O10/c35-21(8-2-1-5-11-33-25(39)9-10-26(33)40)29-13-22(36)30-14-23(37)32-19-12-18-6-3-4-7-20(18)34(28(19)43)15-24(38)31-17-44-16-27(41)42/h3-4,6-7,9-10,19H,1-2,5,8,11-17H2,(H,29,35)(H,30,36)(H,31,38)(H,32,37)(H,41,42)/t19-/m0/s1. The predicted molar refractivity (Wildman–Crippen MR) is 151 cm³/mol. The number of nitrogens with one attached hydrogen (secondary N) is 4. The normalized spacial score (nSPS) is 15.5. The van der Waals surface area contributed by atoms with E-state index in [2.05, 4.69) is 21.3 Å². The van der Waals surface area contributed by atoms with Gasteiger partial charge in [-0.05, 0) is 24.5 Å². The minimum atomic E-state index is -1.20. The number of carbonyl (C=O) groups excluding carboxylic acids is 7. The number of para-hydroxylation sites is 1. The second-order valence-corrected chi connectivity index (χ2v) is 9.89. The Bertz CT molecular complexity index is 1310. The number of benzene rings is 1. The van der Waals surface area contributed by atoms with E-state index < -0.39 is 55.3 Å². The molecule has 16 heteroatoms. The second-order valence-electron chi connectivity index (χ2n) is 9.89. The lowest BCUT2D eigenvalue weighted by Crippen LogP contribution is -2.56. The number of fused-ring (bicyclic) bond motifs is 1. The van der Waals surface area contributed by atoms with Gasteiger partial charge in [0, 0.05) is 37.2 Å². The van der Waals surface area contributed by atoms with Crippen LogP contribution in [-0.4, -0.2) is 103 Å². The van der Waals surface area contributed by atoms with Gasteiger partial charge in [0.2, 0.25) is 29.5 Å². The summed E-state index contributed by atoms with van der Waals surface area (Å²) in [7, 11) is 0. The number of ether oxygens (including phenoxy) is 1. The average molecular weight is 615 g/mol. The zero-order valence-electron chi connectivity index (χ0n) is 23.8. The summed E-state index contributed by atoms with van der Waals surface area (Å²) in [4.78, 5) is 98.1. The van der Waals surface area contributed by atoms with Crippen LogP contribution in [0.4, 0.5) is 5.69 Å². The van der Waals surface area contributed by atoms with E-state index in [1.165, 1.54) is 17.1 Å². The Labute approximate surface area is 252 Å². The van der Waals surface area contributed by atoms with Crippen molar-refractivity contribution in [3.63, 3.8) is 0 Å². The monoisotopic (exact) mass is 614 g/mol. The van der Waals surface area contributed by atoms with Gasteiger partial charge in [-0.15, -0.1) is 0 Å². The smallest absolute Gasteiger partial charge is 0.329 e. The Balaban J connectivity index is 1.36. The lowest BCUT2D eigenvalue weighted by Gasteiger charge is -2.34. The highest BCUT2D eigenvalue weighted by molar-refractivity contribution is 6.12. The molecule has 0 aliphatic carbocycles. The molecule has 16 nitrogen and oxygen atoms in total. The van der Waals surface area contributed by atoms with Crippen molar-refractivity contribution in [1.82, 2.24) is 26.2 Å². The Hall–Kier alpha value is -5.12. The van der Waals surface area contributed by atoms with Gasteiger partial charge in [0.05, 0.1) is 13.1 Å². The van der Waals surface area contributed by atoms with Crippen molar-refractivity contribution >= 4 is 53.0 Å². The van der Waals surface area contributed by atoms with Gasteiger partial charge >= 0.3 is 5.97 Å². The molecule has 2 aliphatic heterocycles. The predicted octanol–water partition coefficient (Wildman–Crippen LogP) is -2.05. The molecule has 44 heavy (non-hydrogen) atoms. The lowest BCUT2D eigenvalue weighted by atomic mass is 9.97. The lowest BCUT2D eigenvalue weighted by molar-refractivity contribution is -0.143. The van der Waals surface area contributed by atoms with Gasteiger partial charge in [-0.3, -0.25) is 38.5 Å². The molecular weight excluding hydrogens is 580 g/mol. The van der Waals surface area contributed by atoms with Crippen LogP contribution in [0, 0.1) is 0 Å². The van der Waals surface area contributed by atoms with Crippen LogP contribution in [-0.2, 0) is 49.5 Å². The van der Waals surface area contributed by atoms with E-state index in [0.717, 1.165) is 4.90 Å². The first-order chi connectivity index (χ1) is 21.0. The molecule has 5 N–H and O–H groups in total. The number of imide groups is 1. The highest BCUT2D eigenvalue weighted by atomic mass is 16.5. The fraction of sp³-hybridized carbons (Fsp3) is 0.429. The van der Waals surface area contributed by atoms with E-state index >= 15 is 0 Å². The molecule has 236 valence electrons. The number of carboxylic acid groups (broad SMARTS) is 1. The van der Waals surface area contributed by atoms with Gasteiger partial charge in [0.1, 0.15) is 25.9 Å². The van der Waals surface area contributed by atoms with E-state index in [1.807, 2.05) is 0 Å². The molecule has 2 aliphatic rings. The summed E-state index contributed by atoms with van der Waals surface area (Å²) in [6.45, 7) is -1.90. The summed E-state index contributed by atoms with van der Waals surface area (Å²) in [5, 5.41) is 18.4. The van der Waals surface area contributed by atoms with Gasteiger partial charge in [-0.2, -0.15) is 0 Å². The molecule has 0 radical (unpaired) electrons. The van der Waals surface area contributed by atoms with E-state index in [9.17, 15) is 38.4 Å². The fourth-order valence-corrected chi connectivity index (χ4v) is 4.44. The topological polar surface area (TPSA) is 221 Å². The number of unbranched alkanes of at least 4 members (excludes halogenated alkanes) is 2. The van der Waals surface area contributed by atoms with E-state index in [0.29, 0.717) is 30.5 Å². The van der Waals surface area contributed by atoms with Crippen LogP contribution in [0.3, 0.4) is 0 Å². The van der Waals surface area contributed by atoms with Gasteiger partial charge in [-0.25, -0.2) is 4.79 Å². The summed E-state index contributed by atoms with van der Waals surface area (Å²) in [6.07, 6.45) is 4.37. The van der Waals surface area contributed by atoms with Crippen molar-refractivity contribution in [3.8, 4) is 0 Å². The molecule has 0 aromatic heterocycles. The molecule has 3 rings (SSSR count). The highest BCUT2D eigenvalue weighted by Crippen LogP contribution is 2.27. The molecule has 1 atom stereocenters. The maximum Gasteiger partial charge on any atom is 0.329 e. The summed E-state index contributed by atoms with van der Waals surface area (Å²) < 4.78 is 4.78. The van der Waals surface area contributed by atoms with Crippen LogP contribution in [0.2, 0.25) is 0 Å². The van der Waals surface area contributed by atoms with Gasteiger partial charge in [-0.1, -0.05) is 24.6 Å². The quantitative estimate of drug-likeness (QED) is 0.0734. The first kappa shape index (κ1) is 33.4. The Morgan fingerprint density at radius 1 is 0.818 bits per heavy atom. The van der Waals surface area contributed by atoms with E-state index in [1.54, 1.807) is 24.3 Å². The van der Waals surface area contributed by atoms with Crippen LogP contribution in [0.5, 0.6) is 0 Å². The largest absolute Gasteiger partial charge is 0.480 e. The number of amides is 7. The minimum Gasteiger partial charge on any atom is -0.480 e. The zero-order valence-corrected chi connectivity index (χ0v) is 23.8. The molecular formula is C28H34N6O10. The molecule has 0 saturated carbocycles. The number of aliphatic carboxylic acids is 1. The average Bonchev–Trinajstić information content (AvgIpc) is 3.31. The van der Waals surface area contributed by atoms with Crippen molar-refractivity contribution in [2.45, 2.75) is 38.1 Å². The molecule has 7 amide bonds. The summed E-state index contributed by atoms with van der Waals surface area (Å²) in [6, 6.07) is 5.84. The Morgan fingerprint density at radius 2 is 1.50 bits per heavy atom. The van der Waals surface area contributed by atoms with Crippen LogP contribution in [0.15, 0.2) is 36.4 Å². The van der Waals surface area contributed by atoms with Crippen LogP contribution in [0.25, 0.3) is 0 Å². The first-order valence-corrected chi connectivity index (χ1v) is 13.9. The molecule has 0 saturated heterocycles. The number of carbonyl (C=O) groups is 8. The second kappa shape index (κ2) is 16.5. The van der Waals surface area contributed by atoms with Gasteiger partial charge in [0.15, 0.2) is 0 Å². The molecule has 0 fully saturated rings. The molecule has 1 aromatic carbocycles. The first-order valence-electron chi connectivity index (χ1n) is 13.9. The minimum absolute atomic E-state index is 0.142. The molecule has 0 spiro atoms. The number of rotatable bonds is 17.